The van der Waals surface area contributed by atoms with Crippen molar-refractivity contribution in [3.8, 4) is 0 Å². The van der Waals surface area contributed by atoms with Gasteiger partial charge in [0, 0.05) is 45.4 Å². The summed E-state index contributed by atoms with van der Waals surface area (Å²) in [4.78, 5) is 6.53. The summed E-state index contributed by atoms with van der Waals surface area (Å²) in [5.74, 6) is 0. The molecule has 5 nitrogen and oxygen atoms in total. The van der Waals surface area contributed by atoms with Crippen molar-refractivity contribution in [1.29, 1.82) is 0 Å². The minimum absolute atomic E-state index is 0.752. The van der Waals surface area contributed by atoms with Crippen molar-refractivity contribution in [2.45, 2.75) is 34.6 Å². The van der Waals surface area contributed by atoms with Crippen LogP contribution in [0, 0.1) is 6.92 Å². The van der Waals surface area contributed by atoms with E-state index in [2.05, 4.69) is 48.5 Å². The Hall–Kier alpha value is -3.31. The molecule has 174 valence electrons. The fourth-order valence-electron chi connectivity index (χ4n) is 2.52. The Balaban J connectivity index is 0.00000220. The molecule has 0 aromatic heterocycles. The molecular formula is C27H41N5. The third-order valence-corrected chi connectivity index (χ3v) is 4.47. The maximum Gasteiger partial charge on any atom is 0.0601 e. The third-order valence-electron chi connectivity index (χ3n) is 4.47. The van der Waals surface area contributed by atoms with E-state index in [1.807, 2.05) is 102 Å². The van der Waals surface area contributed by atoms with Crippen LogP contribution in [0.5, 0.6) is 0 Å². The molecule has 1 aromatic rings. The molecular weight excluding hydrogens is 394 g/mol. The average Bonchev–Trinajstić information content (AvgIpc) is 2.77. The standard InChI is InChI=1S/C23H33N5.C4H8/c1-10-21(16-27(8)9)18(4)15-25-19(5)20(6)26-22-12-13-23(17(3)14-22)28(11-2)24-7;1-3-4-2/h10-16,24,26H,1-2,6H2,3-5,7-9H3;3-4H,1-2H3/b18-15+,21-16+,25-19?;4-3-. The zero-order valence-corrected chi connectivity index (χ0v) is 21.2. The number of nitrogens with one attached hydrogen (secondary N) is 2. The highest BCUT2D eigenvalue weighted by Gasteiger charge is 2.06. The van der Waals surface area contributed by atoms with Crippen LogP contribution < -0.4 is 15.8 Å². The van der Waals surface area contributed by atoms with Crippen molar-refractivity contribution < 1.29 is 0 Å². The van der Waals surface area contributed by atoms with Gasteiger partial charge in [-0.25, -0.2) is 5.43 Å². The fraction of sp³-hybridized carbons (Fsp3) is 0.296. The first-order chi connectivity index (χ1) is 15.1. The van der Waals surface area contributed by atoms with Gasteiger partial charge in [-0.2, -0.15) is 0 Å². The number of allylic oxidation sites excluding steroid dienone is 6. The van der Waals surface area contributed by atoms with Crippen molar-refractivity contribution in [3.05, 3.63) is 97.2 Å². The molecule has 32 heavy (non-hydrogen) atoms. The Morgan fingerprint density at radius 1 is 1.09 bits per heavy atom. The van der Waals surface area contributed by atoms with Crippen LogP contribution in [0.25, 0.3) is 0 Å². The maximum atomic E-state index is 4.54. The summed E-state index contributed by atoms with van der Waals surface area (Å²) in [6, 6.07) is 6.10. The maximum absolute atomic E-state index is 4.54. The molecule has 0 atom stereocenters. The van der Waals surface area contributed by atoms with E-state index in [1.54, 1.807) is 6.20 Å². The molecule has 0 amide bonds. The van der Waals surface area contributed by atoms with E-state index in [0.717, 1.165) is 39.5 Å². The quantitative estimate of drug-likeness (QED) is 0.188. The third kappa shape index (κ3) is 10.1. The molecule has 5 heteroatoms. The summed E-state index contributed by atoms with van der Waals surface area (Å²) in [6.07, 6.45) is 11.4. The summed E-state index contributed by atoms with van der Waals surface area (Å²) in [7, 11) is 5.82. The van der Waals surface area contributed by atoms with Crippen LogP contribution in [-0.2, 0) is 0 Å². The van der Waals surface area contributed by atoms with Crippen molar-refractivity contribution >= 4 is 17.1 Å². The lowest BCUT2D eigenvalue weighted by Crippen LogP contribution is -2.29. The normalized spacial score (nSPS) is 12.1. The lowest BCUT2D eigenvalue weighted by atomic mass is 10.1. The minimum Gasteiger partial charge on any atom is -0.383 e. The Morgan fingerprint density at radius 3 is 2.16 bits per heavy atom. The van der Waals surface area contributed by atoms with E-state index in [-0.39, 0.29) is 0 Å². The Kier molecular flexibility index (Phi) is 13.9. The first-order valence-corrected chi connectivity index (χ1v) is 10.6. The van der Waals surface area contributed by atoms with Gasteiger partial charge < -0.3 is 10.2 Å². The monoisotopic (exact) mass is 435 g/mol. The molecule has 1 aromatic carbocycles. The summed E-state index contributed by atoms with van der Waals surface area (Å²) in [5, 5.41) is 5.19. The number of nitrogens with zero attached hydrogens (tertiary/aromatic N) is 3. The van der Waals surface area contributed by atoms with E-state index >= 15 is 0 Å². The number of benzene rings is 1. The van der Waals surface area contributed by atoms with Crippen molar-refractivity contribution in [3.63, 3.8) is 0 Å². The van der Waals surface area contributed by atoms with Gasteiger partial charge in [-0.05, 0) is 69.5 Å². The molecule has 0 fully saturated rings. The Morgan fingerprint density at radius 2 is 1.72 bits per heavy atom. The first kappa shape index (κ1) is 28.7. The molecule has 2 N–H and O–H groups in total. The summed E-state index contributed by atoms with van der Waals surface area (Å²) in [5.41, 5.74) is 9.83. The number of aryl methyl sites for hydroxylation is 1. The van der Waals surface area contributed by atoms with Gasteiger partial charge in [0.2, 0.25) is 0 Å². The largest absolute Gasteiger partial charge is 0.383 e. The number of hydrogen-bond donors (Lipinski definition) is 2. The van der Waals surface area contributed by atoms with Crippen LogP contribution in [0.4, 0.5) is 11.4 Å². The second-order valence-corrected chi connectivity index (χ2v) is 7.33. The number of anilines is 2. The smallest absolute Gasteiger partial charge is 0.0601 e. The summed E-state index contributed by atoms with van der Waals surface area (Å²) >= 11 is 0. The van der Waals surface area contributed by atoms with E-state index in [1.165, 1.54) is 0 Å². The van der Waals surface area contributed by atoms with Crippen LogP contribution in [0.3, 0.4) is 0 Å². The van der Waals surface area contributed by atoms with Crippen molar-refractivity contribution in [1.82, 2.24) is 10.3 Å². The first-order valence-electron chi connectivity index (χ1n) is 10.6. The number of hydrogen-bond acceptors (Lipinski definition) is 5. The van der Waals surface area contributed by atoms with Gasteiger partial charge in [0.25, 0.3) is 0 Å². The highest BCUT2D eigenvalue weighted by molar-refractivity contribution is 6.00. The highest BCUT2D eigenvalue weighted by atomic mass is 15.5. The second kappa shape index (κ2) is 15.5. The summed E-state index contributed by atoms with van der Waals surface area (Å²) < 4.78 is 0. The molecule has 0 spiro atoms. The van der Waals surface area contributed by atoms with Gasteiger partial charge in [0.15, 0.2) is 0 Å². The van der Waals surface area contributed by atoms with E-state index in [0.29, 0.717) is 0 Å². The lowest BCUT2D eigenvalue weighted by molar-refractivity contribution is 0.560. The number of hydrazine groups is 1. The predicted molar refractivity (Wildman–Crippen MR) is 145 cm³/mol. The molecule has 0 saturated carbocycles. The zero-order valence-electron chi connectivity index (χ0n) is 21.2. The SMILES string of the molecule is C/C=C\C.C=CC(=C\N(C)C)/C(C)=C/N=C(C)C(=C)Nc1ccc(N(C=C)NC)c(C)c1. The molecule has 0 saturated heterocycles. The van der Waals surface area contributed by atoms with Crippen LogP contribution in [0.2, 0.25) is 0 Å². The highest BCUT2D eigenvalue weighted by Crippen LogP contribution is 2.23. The van der Waals surface area contributed by atoms with Gasteiger partial charge in [-0.1, -0.05) is 38.0 Å². The topological polar surface area (TPSA) is 42.9 Å². The Labute approximate surface area is 195 Å². The van der Waals surface area contributed by atoms with Gasteiger partial charge in [0.1, 0.15) is 0 Å². The number of aliphatic imine (C=N–C) groups is 1. The molecule has 0 aliphatic carbocycles. The van der Waals surface area contributed by atoms with Crippen molar-refractivity contribution in [2.24, 2.45) is 4.99 Å². The van der Waals surface area contributed by atoms with Crippen LogP contribution in [0.1, 0.15) is 33.3 Å². The van der Waals surface area contributed by atoms with Gasteiger partial charge in [0.05, 0.1) is 17.1 Å². The van der Waals surface area contributed by atoms with E-state index in [9.17, 15) is 0 Å². The van der Waals surface area contributed by atoms with Crippen LogP contribution in [-0.4, -0.2) is 31.8 Å². The fourth-order valence-corrected chi connectivity index (χ4v) is 2.52. The number of rotatable bonds is 10. The molecule has 0 radical (unpaired) electrons. The predicted octanol–water partition coefficient (Wildman–Crippen LogP) is 6.58. The molecule has 1 rings (SSSR count). The van der Waals surface area contributed by atoms with Gasteiger partial charge in [-0.3, -0.25) is 10.0 Å². The minimum atomic E-state index is 0.752. The van der Waals surface area contributed by atoms with E-state index < -0.39 is 0 Å². The molecule has 0 bridgehead atoms. The van der Waals surface area contributed by atoms with Gasteiger partial charge >= 0.3 is 0 Å². The molecule has 0 aliphatic rings. The lowest BCUT2D eigenvalue weighted by Gasteiger charge is -2.21. The second-order valence-electron chi connectivity index (χ2n) is 7.33. The summed E-state index contributed by atoms with van der Waals surface area (Å²) in [6.45, 7) is 21.8. The molecule has 0 aliphatic heterocycles. The van der Waals surface area contributed by atoms with Gasteiger partial charge in [-0.15, -0.1) is 0 Å². The van der Waals surface area contributed by atoms with Crippen molar-refractivity contribution in [2.75, 3.05) is 31.5 Å². The molecule has 0 heterocycles. The molecule has 0 unspecified atom stereocenters. The Bertz CT molecular complexity index is 881. The van der Waals surface area contributed by atoms with E-state index in [4.69, 9.17) is 0 Å². The average molecular weight is 436 g/mol. The van der Waals surface area contributed by atoms with Crippen LogP contribution >= 0.6 is 0 Å². The van der Waals surface area contributed by atoms with Crippen LogP contribution in [0.15, 0.2) is 96.6 Å². The zero-order chi connectivity index (χ0) is 24.7.